The van der Waals surface area contributed by atoms with E-state index in [0.29, 0.717) is 33.2 Å². The Morgan fingerprint density at radius 2 is 1.83 bits per heavy atom. The van der Waals surface area contributed by atoms with Gasteiger partial charge in [0.25, 0.3) is 5.56 Å². The minimum absolute atomic E-state index is 0.161. The number of hydrogen-bond donors (Lipinski definition) is 0. The molecule has 0 unspecified atom stereocenters. The van der Waals surface area contributed by atoms with Crippen LogP contribution in [0.5, 0.6) is 11.5 Å². The zero-order chi connectivity index (χ0) is 20.9. The lowest BCUT2D eigenvalue weighted by atomic mass is 10.2. The fourth-order valence-corrected chi connectivity index (χ4v) is 3.86. The van der Waals surface area contributed by atoms with E-state index in [1.165, 1.54) is 17.8 Å². The van der Waals surface area contributed by atoms with Gasteiger partial charge in [0.2, 0.25) is 0 Å². The first-order chi connectivity index (χ1) is 14.7. The molecular formula is C23H19FN2O3S. The number of hydrogen-bond acceptors (Lipinski definition) is 5. The van der Waals surface area contributed by atoms with Crippen LogP contribution in [0, 0.1) is 5.82 Å². The molecule has 152 valence electrons. The third-order valence-electron chi connectivity index (χ3n) is 4.47. The molecule has 5 nitrogen and oxygen atoms in total. The summed E-state index contributed by atoms with van der Waals surface area (Å²) in [4.78, 5) is 17.9. The van der Waals surface area contributed by atoms with Gasteiger partial charge in [-0.05, 0) is 36.4 Å². The van der Waals surface area contributed by atoms with Crippen LogP contribution < -0.4 is 15.0 Å². The van der Waals surface area contributed by atoms with Gasteiger partial charge in [0, 0.05) is 11.8 Å². The lowest BCUT2D eigenvalue weighted by molar-refractivity contribution is 0.325. The number of nitrogens with zero attached hydrogens (tertiary/aromatic N) is 2. The van der Waals surface area contributed by atoms with Crippen molar-refractivity contribution in [2.75, 3.05) is 19.5 Å². The minimum Gasteiger partial charge on any atom is -0.497 e. The van der Waals surface area contributed by atoms with E-state index < -0.39 is 5.82 Å². The van der Waals surface area contributed by atoms with Crippen LogP contribution >= 0.6 is 11.8 Å². The Hall–Kier alpha value is -3.32. The van der Waals surface area contributed by atoms with Gasteiger partial charge in [0.15, 0.2) is 16.7 Å². The van der Waals surface area contributed by atoms with Gasteiger partial charge in [0.1, 0.15) is 5.75 Å². The molecule has 0 bridgehead atoms. The molecule has 0 spiro atoms. The summed E-state index contributed by atoms with van der Waals surface area (Å²) in [5, 5.41) is 1.07. The quantitative estimate of drug-likeness (QED) is 0.245. The molecule has 0 fully saturated rings. The molecule has 0 saturated carbocycles. The first-order valence-corrected chi connectivity index (χ1v) is 10.3. The van der Waals surface area contributed by atoms with Crippen molar-refractivity contribution in [2.45, 2.75) is 5.16 Å². The predicted octanol–water partition coefficient (Wildman–Crippen LogP) is 4.70. The molecule has 1 heterocycles. The van der Waals surface area contributed by atoms with Crippen molar-refractivity contribution in [3.05, 3.63) is 89.0 Å². The van der Waals surface area contributed by atoms with Crippen LogP contribution in [0.25, 0.3) is 16.6 Å². The van der Waals surface area contributed by atoms with Crippen molar-refractivity contribution in [1.29, 1.82) is 0 Å². The summed E-state index contributed by atoms with van der Waals surface area (Å²) in [6.07, 6.45) is 0. The highest BCUT2D eigenvalue weighted by molar-refractivity contribution is 7.99. The average molecular weight is 422 g/mol. The van der Waals surface area contributed by atoms with Crippen molar-refractivity contribution in [3.63, 3.8) is 0 Å². The van der Waals surface area contributed by atoms with E-state index in [9.17, 15) is 9.18 Å². The Labute approximate surface area is 177 Å². The van der Waals surface area contributed by atoms with Crippen LogP contribution in [0.3, 0.4) is 0 Å². The van der Waals surface area contributed by atoms with Gasteiger partial charge in [-0.25, -0.2) is 9.37 Å². The van der Waals surface area contributed by atoms with Crippen molar-refractivity contribution < 1.29 is 13.9 Å². The van der Waals surface area contributed by atoms with Crippen LogP contribution in [-0.2, 0) is 0 Å². The van der Waals surface area contributed by atoms with Crippen LogP contribution in [0.15, 0.2) is 82.7 Å². The summed E-state index contributed by atoms with van der Waals surface area (Å²) in [7, 11) is 1.58. The van der Waals surface area contributed by atoms with Gasteiger partial charge in [-0.2, -0.15) is 0 Å². The van der Waals surface area contributed by atoms with Crippen molar-refractivity contribution in [2.24, 2.45) is 0 Å². The normalized spacial score (nSPS) is 10.9. The number of ether oxygens (including phenoxy) is 2. The summed E-state index contributed by atoms with van der Waals surface area (Å²) < 4.78 is 26.1. The second kappa shape index (κ2) is 9.00. The summed E-state index contributed by atoms with van der Waals surface area (Å²) in [5.74, 6) is 0.934. The highest BCUT2D eigenvalue weighted by Gasteiger charge is 2.14. The van der Waals surface area contributed by atoms with Gasteiger partial charge >= 0.3 is 0 Å². The first-order valence-electron chi connectivity index (χ1n) is 9.34. The standard InChI is InChI=1S/C23H19FN2O3S/c1-28-17-8-6-7-16(15-17)26-22(27)18-9-2-4-11-20(18)25-23(26)30-14-13-29-21-12-5-3-10-19(21)24/h2-12,15H,13-14H2,1H3. The molecule has 0 aliphatic rings. The largest absolute Gasteiger partial charge is 0.497 e. The van der Waals surface area contributed by atoms with E-state index in [4.69, 9.17) is 9.47 Å². The maximum absolute atomic E-state index is 13.7. The van der Waals surface area contributed by atoms with Crippen LogP contribution in [0.1, 0.15) is 0 Å². The molecule has 3 aromatic carbocycles. The molecule has 1 aromatic heterocycles. The van der Waals surface area contributed by atoms with E-state index >= 15 is 0 Å². The van der Waals surface area contributed by atoms with Gasteiger partial charge in [-0.3, -0.25) is 9.36 Å². The van der Waals surface area contributed by atoms with Crippen molar-refractivity contribution >= 4 is 22.7 Å². The minimum atomic E-state index is -0.403. The number of fused-ring (bicyclic) bond motifs is 1. The SMILES string of the molecule is COc1cccc(-n2c(SCCOc3ccccc3F)nc3ccccc3c2=O)c1. The summed E-state index contributed by atoms with van der Waals surface area (Å²) in [5.41, 5.74) is 1.13. The van der Waals surface area contributed by atoms with Gasteiger partial charge in [-0.1, -0.05) is 42.1 Å². The lowest BCUT2D eigenvalue weighted by Gasteiger charge is -2.14. The number of rotatable bonds is 7. The Morgan fingerprint density at radius 1 is 1.03 bits per heavy atom. The number of aromatic nitrogens is 2. The molecule has 0 saturated heterocycles. The third kappa shape index (κ3) is 4.16. The molecule has 30 heavy (non-hydrogen) atoms. The maximum atomic E-state index is 13.7. The Balaban J connectivity index is 1.65. The molecule has 4 rings (SSSR count). The maximum Gasteiger partial charge on any atom is 0.266 e. The van der Waals surface area contributed by atoms with Crippen LogP contribution in [0.4, 0.5) is 4.39 Å². The van der Waals surface area contributed by atoms with E-state index in [-0.39, 0.29) is 17.9 Å². The van der Waals surface area contributed by atoms with E-state index in [2.05, 4.69) is 4.98 Å². The summed E-state index contributed by atoms with van der Waals surface area (Å²) >= 11 is 1.37. The number of halogens is 1. The molecule has 4 aromatic rings. The zero-order valence-corrected chi connectivity index (χ0v) is 17.1. The number of methoxy groups -OCH3 is 1. The van der Waals surface area contributed by atoms with Gasteiger partial charge < -0.3 is 9.47 Å². The van der Waals surface area contributed by atoms with Crippen molar-refractivity contribution in [3.8, 4) is 17.2 Å². The van der Waals surface area contributed by atoms with E-state index in [1.54, 1.807) is 42.0 Å². The fraction of sp³-hybridized carbons (Fsp3) is 0.130. The number of thioether (sulfide) groups is 1. The van der Waals surface area contributed by atoms with E-state index in [0.717, 1.165) is 0 Å². The molecule has 7 heteroatoms. The summed E-state index contributed by atoms with van der Waals surface area (Å²) in [6, 6.07) is 20.8. The van der Waals surface area contributed by atoms with E-state index in [1.807, 2.05) is 36.4 Å². The second-order valence-electron chi connectivity index (χ2n) is 6.38. The smallest absolute Gasteiger partial charge is 0.266 e. The monoisotopic (exact) mass is 422 g/mol. The second-order valence-corrected chi connectivity index (χ2v) is 7.44. The molecule has 0 aliphatic heterocycles. The molecule has 0 amide bonds. The molecule has 0 radical (unpaired) electrons. The Morgan fingerprint density at radius 3 is 2.67 bits per heavy atom. The van der Waals surface area contributed by atoms with Crippen LogP contribution in [-0.4, -0.2) is 29.0 Å². The lowest BCUT2D eigenvalue weighted by Crippen LogP contribution is -2.22. The highest BCUT2D eigenvalue weighted by atomic mass is 32.2. The summed E-state index contributed by atoms with van der Waals surface area (Å²) in [6.45, 7) is 0.270. The fourth-order valence-electron chi connectivity index (χ4n) is 3.03. The predicted molar refractivity (Wildman–Crippen MR) is 117 cm³/mol. The molecule has 0 atom stereocenters. The van der Waals surface area contributed by atoms with Crippen LogP contribution in [0.2, 0.25) is 0 Å². The van der Waals surface area contributed by atoms with Crippen molar-refractivity contribution in [1.82, 2.24) is 9.55 Å². The third-order valence-corrected chi connectivity index (χ3v) is 5.37. The first kappa shape index (κ1) is 20.0. The molecule has 0 N–H and O–H groups in total. The number of para-hydroxylation sites is 2. The topological polar surface area (TPSA) is 53.4 Å². The Kier molecular flexibility index (Phi) is 5.99. The zero-order valence-electron chi connectivity index (χ0n) is 16.2. The van der Waals surface area contributed by atoms with Gasteiger partial charge in [-0.15, -0.1) is 0 Å². The molecule has 0 aliphatic carbocycles. The van der Waals surface area contributed by atoms with Gasteiger partial charge in [0.05, 0.1) is 30.3 Å². The molecular weight excluding hydrogens is 403 g/mol. The Bertz CT molecular complexity index is 1240. The average Bonchev–Trinajstić information content (AvgIpc) is 2.78. The highest BCUT2D eigenvalue weighted by Crippen LogP contribution is 2.24. The number of benzene rings is 3.